The lowest BCUT2D eigenvalue weighted by atomic mass is 9.90. The van der Waals surface area contributed by atoms with Crippen LogP contribution in [0.15, 0.2) is 48.6 Å². The third kappa shape index (κ3) is 9.50. The summed E-state index contributed by atoms with van der Waals surface area (Å²) < 4.78 is 48.8. The van der Waals surface area contributed by atoms with Gasteiger partial charge in [0.2, 0.25) is 0 Å². The Labute approximate surface area is 199 Å². The average molecular weight is 485 g/mol. The molecule has 1 aromatic rings. The largest absolute Gasteiger partial charge is 0.493 e. The van der Waals surface area contributed by atoms with Crippen LogP contribution in [0.1, 0.15) is 57.9 Å². The molecular weight excluding hydrogens is 449 g/mol. The van der Waals surface area contributed by atoms with Crippen LogP contribution >= 0.6 is 0 Å². The zero-order valence-electron chi connectivity index (χ0n) is 19.7. The van der Waals surface area contributed by atoms with Gasteiger partial charge in [0.05, 0.1) is 30.5 Å². The third-order valence-corrected chi connectivity index (χ3v) is 5.68. The maximum absolute atomic E-state index is 12.8. The summed E-state index contributed by atoms with van der Waals surface area (Å²) >= 11 is 0. The number of ether oxygens (including phenoxy) is 2. The molecule has 190 valence electrons. The summed E-state index contributed by atoms with van der Waals surface area (Å²) in [5, 5.41) is 20.6. The number of unbranched alkanes of at least 4 members (excludes halogenated alkanes) is 1. The van der Waals surface area contributed by atoms with Crippen LogP contribution in [0.3, 0.4) is 0 Å². The van der Waals surface area contributed by atoms with Gasteiger partial charge in [-0.3, -0.25) is 4.79 Å². The Bertz CT molecular complexity index is 819. The highest BCUT2D eigenvalue weighted by Crippen LogP contribution is 2.36. The number of hydrogen-bond acceptors (Lipinski definition) is 5. The van der Waals surface area contributed by atoms with Crippen LogP contribution in [0.5, 0.6) is 5.75 Å². The van der Waals surface area contributed by atoms with Gasteiger partial charge in [-0.2, -0.15) is 13.2 Å². The van der Waals surface area contributed by atoms with Crippen molar-refractivity contribution in [3.05, 3.63) is 54.1 Å². The molecule has 2 rings (SSSR count). The Balaban J connectivity index is 1.76. The summed E-state index contributed by atoms with van der Waals surface area (Å²) in [5.41, 5.74) is -0.755. The molecule has 0 bridgehead atoms. The quantitative estimate of drug-likeness (QED) is 0.234. The smallest absolute Gasteiger partial charge is 0.416 e. The maximum atomic E-state index is 12.8. The van der Waals surface area contributed by atoms with E-state index in [1.54, 1.807) is 0 Å². The van der Waals surface area contributed by atoms with Crippen LogP contribution in [0.4, 0.5) is 13.2 Å². The second-order valence-corrected chi connectivity index (χ2v) is 8.84. The Morgan fingerprint density at radius 1 is 1.15 bits per heavy atom. The molecule has 1 aromatic carbocycles. The van der Waals surface area contributed by atoms with Crippen molar-refractivity contribution >= 4 is 5.97 Å². The number of carbonyl (C=O) groups is 1. The van der Waals surface area contributed by atoms with Gasteiger partial charge < -0.3 is 19.7 Å². The molecule has 0 aliphatic heterocycles. The number of alkyl halides is 3. The predicted octanol–water partition coefficient (Wildman–Crippen LogP) is 5.46. The number of benzene rings is 1. The number of rotatable bonds is 12. The van der Waals surface area contributed by atoms with Crippen molar-refractivity contribution in [1.29, 1.82) is 0 Å². The van der Waals surface area contributed by atoms with E-state index in [2.05, 4.69) is 0 Å². The summed E-state index contributed by atoms with van der Waals surface area (Å²) in [5.74, 6) is -0.396. The molecule has 0 spiro atoms. The predicted molar refractivity (Wildman–Crippen MR) is 123 cm³/mol. The summed E-state index contributed by atoms with van der Waals surface area (Å²) in [6, 6.07) is 4.75. The molecule has 5 nitrogen and oxygen atoms in total. The van der Waals surface area contributed by atoms with E-state index < -0.39 is 23.9 Å². The van der Waals surface area contributed by atoms with Crippen molar-refractivity contribution in [2.75, 3.05) is 6.61 Å². The number of aliphatic hydroxyl groups excluding tert-OH is 2. The number of hydrogen-bond donors (Lipinski definition) is 2. The summed E-state index contributed by atoms with van der Waals surface area (Å²) in [4.78, 5) is 11.5. The first-order chi connectivity index (χ1) is 16.1. The van der Waals surface area contributed by atoms with Gasteiger partial charge in [0.25, 0.3) is 0 Å². The molecule has 2 N–H and O–H groups in total. The highest BCUT2D eigenvalue weighted by atomic mass is 19.4. The molecule has 0 radical (unpaired) electrons. The summed E-state index contributed by atoms with van der Waals surface area (Å²) in [6.45, 7) is 3.83. The zero-order valence-corrected chi connectivity index (χ0v) is 19.7. The second kappa shape index (κ2) is 13.5. The normalized spacial score (nSPS) is 23.3. The van der Waals surface area contributed by atoms with Gasteiger partial charge in [-0.25, -0.2) is 0 Å². The van der Waals surface area contributed by atoms with Gasteiger partial charge in [-0.15, -0.1) is 0 Å². The molecule has 8 heteroatoms. The van der Waals surface area contributed by atoms with Gasteiger partial charge in [0.1, 0.15) is 5.75 Å². The molecule has 4 unspecified atom stereocenters. The van der Waals surface area contributed by atoms with E-state index in [9.17, 15) is 28.2 Å². The standard InChI is InChI=1S/C26H35F3O5/c1-18(2)34-25(32)14-6-4-3-5-12-21-22(24(31)17-23(21)30)13-7-8-15-33-20-11-9-10-19(16-20)26(27,28)29/h3,5,7,9-11,13,16,18,21-24,30-31H,4,6,8,12,14-15,17H2,1-2H3. The number of halogens is 3. The Kier molecular flexibility index (Phi) is 11.1. The monoisotopic (exact) mass is 484 g/mol. The minimum absolute atomic E-state index is 0.115. The Hall–Kier alpha value is -2.32. The summed E-state index contributed by atoms with van der Waals surface area (Å²) in [6.07, 6.45) is 4.98. The zero-order chi connectivity index (χ0) is 25.1. The van der Waals surface area contributed by atoms with E-state index in [1.807, 2.05) is 38.2 Å². The van der Waals surface area contributed by atoms with Crippen LogP contribution in [0, 0.1) is 11.8 Å². The molecule has 1 aliphatic carbocycles. The molecule has 1 saturated carbocycles. The van der Waals surface area contributed by atoms with Crippen LogP contribution in [-0.2, 0) is 15.7 Å². The summed E-state index contributed by atoms with van der Waals surface area (Å²) in [7, 11) is 0. The number of esters is 1. The Morgan fingerprint density at radius 3 is 2.62 bits per heavy atom. The lowest BCUT2D eigenvalue weighted by Crippen LogP contribution is -2.19. The first-order valence-electron chi connectivity index (χ1n) is 11.7. The first kappa shape index (κ1) is 27.9. The van der Waals surface area contributed by atoms with Crippen molar-refractivity contribution in [1.82, 2.24) is 0 Å². The van der Waals surface area contributed by atoms with Crippen LogP contribution in [0.2, 0.25) is 0 Å². The fourth-order valence-corrected chi connectivity index (χ4v) is 4.02. The molecular formula is C26H35F3O5. The third-order valence-electron chi connectivity index (χ3n) is 5.68. The molecule has 4 atom stereocenters. The number of aliphatic hydroxyl groups is 2. The minimum atomic E-state index is -4.41. The Morgan fingerprint density at radius 2 is 1.91 bits per heavy atom. The van der Waals surface area contributed by atoms with E-state index in [4.69, 9.17) is 9.47 Å². The minimum Gasteiger partial charge on any atom is -0.493 e. The average Bonchev–Trinajstić information content (AvgIpc) is 3.01. The van der Waals surface area contributed by atoms with E-state index in [0.29, 0.717) is 32.1 Å². The molecule has 0 heterocycles. The van der Waals surface area contributed by atoms with Crippen LogP contribution < -0.4 is 4.74 Å². The lowest BCUT2D eigenvalue weighted by molar-refractivity contribution is -0.147. The maximum Gasteiger partial charge on any atom is 0.416 e. The fraction of sp³-hybridized carbons (Fsp3) is 0.577. The van der Waals surface area contributed by atoms with E-state index in [1.165, 1.54) is 12.1 Å². The second-order valence-electron chi connectivity index (χ2n) is 8.84. The first-order valence-corrected chi connectivity index (χ1v) is 11.7. The molecule has 0 amide bonds. The van der Waals surface area contributed by atoms with E-state index in [0.717, 1.165) is 18.6 Å². The molecule has 0 saturated heterocycles. The lowest BCUT2D eigenvalue weighted by Gasteiger charge is -2.19. The molecule has 1 aliphatic rings. The molecule has 1 fully saturated rings. The highest BCUT2D eigenvalue weighted by Gasteiger charge is 2.39. The van der Waals surface area contributed by atoms with Crippen LogP contribution in [-0.4, -0.2) is 41.1 Å². The van der Waals surface area contributed by atoms with Gasteiger partial charge in [-0.05, 0) is 63.6 Å². The SMILES string of the molecule is CC(C)OC(=O)CCCC=CCC1C(O)CC(O)C1C=CCCOc1cccc(C(F)(F)F)c1. The fourth-order valence-electron chi connectivity index (χ4n) is 4.02. The highest BCUT2D eigenvalue weighted by molar-refractivity contribution is 5.69. The van der Waals surface area contributed by atoms with Crippen LogP contribution in [0.25, 0.3) is 0 Å². The van der Waals surface area contributed by atoms with Gasteiger partial charge in [-0.1, -0.05) is 30.4 Å². The van der Waals surface area contributed by atoms with Gasteiger partial charge >= 0.3 is 12.1 Å². The van der Waals surface area contributed by atoms with E-state index in [-0.39, 0.29) is 36.3 Å². The number of carbonyl (C=O) groups excluding carboxylic acids is 1. The van der Waals surface area contributed by atoms with Crippen molar-refractivity contribution in [3.63, 3.8) is 0 Å². The van der Waals surface area contributed by atoms with Crippen molar-refractivity contribution in [2.24, 2.45) is 11.8 Å². The van der Waals surface area contributed by atoms with Gasteiger partial charge in [0.15, 0.2) is 0 Å². The van der Waals surface area contributed by atoms with E-state index >= 15 is 0 Å². The van der Waals surface area contributed by atoms with Gasteiger partial charge in [0, 0.05) is 18.8 Å². The molecule has 34 heavy (non-hydrogen) atoms. The van der Waals surface area contributed by atoms with Crippen molar-refractivity contribution in [3.8, 4) is 5.75 Å². The molecule has 0 aromatic heterocycles. The topological polar surface area (TPSA) is 76.0 Å². The van der Waals surface area contributed by atoms with Crippen molar-refractivity contribution < 1.29 is 37.7 Å². The number of allylic oxidation sites excluding steroid dienone is 2. The van der Waals surface area contributed by atoms with Crippen molar-refractivity contribution in [2.45, 2.75) is 76.9 Å².